The number of aromatic nitrogens is 2. The van der Waals surface area contributed by atoms with Crippen LogP contribution in [-0.2, 0) is 0 Å². The Morgan fingerprint density at radius 3 is 2.37 bits per heavy atom. The molecule has 0 saturated carbocycles. The number of aryl methyl sites for hydroxylation is 3. The summed E-state index contributed by atoms with van der Waals surface area (Å²) < 4.78 is 2.07. The Bertz CT molecular complexity index is 591. The maximum atomic E-state index is 12.1. The average molecular weight is 277 g/mol. The van der Waals surface area contributed by atoms with E-state index in [2.05, 4.69) is 27.0 Å². The number of hydrogen-bond donors (Lipinski definition) is 1. The number of carbonyl (C=O) groups is 1. The van der Waals surface area contributed by atoms with Crippen LogP contribution in [0.1, 0.15) is 40.6 Å². The first-order chi connectivity index (χ1) is 8.90. The third kappa shape index (κ3) is 2.71. The number of carbonyl (C=O) groups excluding carboxylic acids is 1. The molecule has 4 nitrogen and oxygen atoms in total. The highest BCUT2D eigenvalue weighted by molar-refractivity contribution is 7.16. The van der Waals surface area contributed by atoms with Crippen molar-refractivity contribution in [1.29, 1.82) is 0 Å². The molecule has 102 valence electrons. The minimum atomic E-state index is -0.0429. The second-order valence-electron chi connectivity index (χ2n) is 4.99. The summed E-state index contributed by atoms with van der Waals surface area (Å²) in [5, 5.41) is 3.76. The van der Waals surface area contributed by atoms with Crippen LogP contribution in [0.3, 0.4) is 0 Å². The zero-order chi connectivity index (χ0) is 14.2. The quantitative estimate of drug-likeness (QED) is 0.937. The third-order valence-corrected chi connectivity index (χ3v) is 4.02. The Hall–Kier alpha value is -1.62. The molecule has 2 aromatic rings. The van der Waals surface area contributed by atoms with Gasteiger partial charge in [0, 0.05) is 17.4 Å². The molecule has 0 aromatic carbocycles. The van der Waals surface area contributed by atoms with Gasteiger partial charge in [-0.15, -0.1) is 0 Å². The molecule has 2 rings (SSSR count). The van der Waals surface area contributed by atoms with E-state index in [1.54, 1.807) is 0 Å². The van der Waals surface area contributed by atoms with E-state index in [1.807, 2.05) is 34.6 Å². The van der Waals surface area contributed by atoms with Crippen LogP contribution in [-0.4, -0.2) is 21.5 Å². The molecule has 0 saturated heterocycles. The molecule has 0 aliphatic heterocycles. The minimum absolute atomic E-state index is 0.0429. The van der Waals surface area contributed by atoms with Crippen molar-refractivity contribution in [3.05, 3.63) is 34.1 Å². The van der Waals surface area contributed by atoms with Crippen molar-refractivity contribution < 1.29 is 4.79 Å². The highest BCUT2D eigenvalue weighted by Crippen LogP contribution is 2.24. The molecule has 0 radical (unpaired) electrons. The van der Waals surface area contributed by atoms with E-state index in [0.717, 1.165) is 22.2 Å². The molecule has 0 aliphatic carbocycles. The molecule has 0 spiro atoms. The van der Waals surface area contributed by atoms with Gasteiger partial charge in [0.25, 0.3) is 5.91 Å². The van der Waals surface area contributed by atoms with E-state index >= 15 is 0 Å². The maximum Gasteiger partial charge on any atom is 0.263 e. The molecule has 0 unspecified atom stereocenters. The number of rotatable bonds is 3. The summed E-state index contributed by atoms with van der Waals surface area (Å²) in [6.45, 7) is 9.86. The third-order valence-electron chi connectivity index (χ3n) is 2.87. The number of nitrogens with zero attached hydrogens (tertiary/aromatic N) is 2. The smallest absolute Gasteiger partial charge is 0.263 e. The molecular weight excluding hydrogens is 258 g/mol. The number of nitrogens with one attached hydrogen (secondary N) is 1. The molecule has 1 amide bonds. The highest BCUT2D eigenvalue weighted by Gasteiger charge is 2.17. The number of amides is 1. The average Bonchev–Trinajstić information content (AvgIpc) is 2.81. The van der Waals surface area contributed by atoms with E-state index in [4.69, 9.17) is 0 Å². The Kier molecular flexibility index (Phi) is 3.75. The number of hydrogen-bond acceptors (Lipinski definition) is 3. The van der Waals surface area contributed by atoms with Crippen molar-refractivity contribution >= 4 is 17.2 Å². The van der Waals surface area contributed by atoms with Crippen molar-refractivity contribution in [1.82, 2.24) is 14.9 Å². The monoisotopic (exact) mass is 277 g/mol. The fourth-order valence-electron chi connectivity index (χ4n) is 1.99. The van der Waals surface area contributed by atoms with E-state index in [1.165, 1.54) is 11.3 Å². The molecule has 0 fully saturated rings. The summed E-state index contributed by atoms with van der Waals surface area (Å²) in [5.74, 6) is -0.0429. The summed E-state index contributed by atoms with van der Waals surface area (Å²) in [6.07, 6.45) is 0. The van der Waals surface area contributed by atoms with Gasteiger partial charge in [-0.25, -0.2) is 4.98 Å². The molecule has 0 bridgehead atoms. The summed E-state index contributed by atoms with van der Waals surface area (Å²) >= 11 is 1.44. The van der Waals surface area contributed by atoms with E-state index in [9.17, 15) is 4.79 Å². The lowest BCUT2D eigenvalue weighted by molar-refractivity contribution is 0.0946. The van der Waals surface area contributed by atoms with Gasteiger partial charge in [-0.1, -0.05) is 11.3 Å². The van der Waals surface area contributed by atoms with Gasteiger partial charge in [-0.05, 0) is 46.8 Å². The van der Waals surface area contributed by atoms with E-state index in [-0.39, 0.29) is 11.9 Å². The summed E-state index contributed by atoms with van der Waals surface area (Å²) in [4.78, 5) is 17.3. The minimum Gasteiger partial charge on any atom is -0.349 e. The predicted octanol–water partition coefficient (Wildman–Crippen LogP) is 3.00. The Morgan fingerprint density at radius 2 is 1.84 bits per heavy atom. The SMILES string of the molecule is Cc1nc(-n2c(C)ccc2C)sc1C(=O)NC(C)C. The van der Waals surface area contributed by atoms with Crippen LogP contribution in [0.5, 0.6) is 0 Å². The topological polar surface area (TPSA) is 46.9 Å². The summed E-state index contributed by atoms with van der Waals surface area (Å²) in [6, 6.07) is 4.24. The fourth-order valence-corrected chi connectivity index (χ4v) is 3.08. The lowest BCUT2D eigenvalue weighted by Gasteiger charge is -2.06. The fraction of sp³-hybridized carbons (Fsp3) is 0.429. The van der Waals surface area contributed by atoms with Gasteiger partial charge < -0.3 is 5.32 Å². The zero-order valence-corrected chi connectivity index (χ0v) is 12.8. The first kappa shape index (κ1) is 13.8. The van der Waals surface area contributed by atoms with Crippen LogP contribution in [0.2, 0.25) is 0 Å². The first-order valence-corrected chi connectivity index (χ1v) is 7.15. The highest BCUT2D eigenvalue weighted by atomic mass is 32.1. The summed E-state index contributed by atoms with van der Waals surface area (Å²) in [7, 11) is 0. The zero-order valence-electron chi connectivity index (χ0n) is 11.9. The Labute approximate surface area is 117 Å². The molecule has 2 heterocycles. The van der Waals surface area contributed by atoms with Gasteiger partial charge in [0.05, 0.1) is 5.69 Å². The summed E-state index contributed by atoms with van der Waals surface area (Å²) in [5.41, 5.74) is 3.04. The Morgan fingerprint density at radius 1 is 1.26 bits per heavy atom. The molecular formula is C14H19N3OS. The largest absolute Gasteiger partial charge is 0.349 e. The molecule has 19 heavy (non-hydrogen) atoms. The van der Waals surface area contributed by atoms with Crippen LogP contribution in [0.15, 0.2) is 12.1 Å². The second-order valence-corrected chi connectivity index (χ2v) is 5.97. The van der Waals surface area contributed by atoms with Gasteiger partial charge >= 0.3 is 0 Å². The van der Waals surface area contributed by atoms with Gasteiger partial charge in [0.1, 0.15) is 4.88 Å². The van der Waals surface area contributed by atoms with Crippen LogP contribution in [0.25, 0.3) is 5.13 Å². The second kappa shape index (κ2) is 5.17. The van der Waals surface area contributed by atoms with Crippen molar-refractivity contribution in [2.75, 3.05) is 0 Å². The normalized spacial score (nSPS) is 11.1. The molecule has 2 aromatic heterocycles. The molecule has 0 atom stereocenters. The molecule has 5 heteroatoms. The van der Waals surface area contributed by atoms with Gasteiger partial charge in [-0.3, -0.25) is 9.36 Å². The molecule has 1 N–H and O–H groups in total. The predicted molar refractivity (Wildman–Crippen MR) is 78.3 cm³/mol. The lowest BCUT2D eigenvalue weighted by Crippen LogP contribution is -2.29. The van der Waals surface area contributed by atoms with Crippen LogP contribution < -0.4 is 5.32 Å². The maximum absolute atomic E-state index is 12.1. The van der Waals surface area contributed by atoms with Gasteiger partial charge in [0.2, 0.25) is 0 Å². The van der Waals surface area contributed by atoms with Gasteiger partial charge in [0.15, 0.2) is 5.13 Å². The van der Waals surface area contributed by atoms with Crippen LogP contribution >= 0.6 is 11.3 Å². The lowest BCUT2D eigenvalue weighted by atomic mass is 10.3. The molecule has 0 aliphatic rings. The first-order valence-electron chi connectivity index (χ1n) is 6.33. The van der Waals surface area contributed by atoms with E-state index < -0.39 is 0 Å². The van der Waals surface area contributed by atoms with Crippen LogP contribution in [0.4, 0.5) is 0 Å². The van der Waals surface area contributed by atoms with Gasteiger partial charge in [-0.2, -0.15) is 0 Å². The Balaban J connectivity index is 2.39. The van der Waals surface area contributed by atoms with Crippen molar-refractivity contribution in [3.63, 3.8) is 0 Å². The van der Waals surface area contributed by atoms with Crippen molar-refractivity contribution in [3.8, 4) is 5.13 Å². The number of thiazole rings is 1. The standard InChI is InChI=1S/C14H19N3OS/c1-8(2)15-13(18)12-11(5)16-14(19-12)17-9(3)6-7-10(17)4/h6-8H,1-5H3,(H,15,18). The van der Waals surface area contributed by atoms with Crippen molar-refractivity contribution in [2.45, 2.75) is 40.7 Å². The van der Waals surface area contributed by atoms with E-state index in [0.29, 0.717) is 4.88 Å². The van der Waals surface area contributed by atoms with Crippen molar-refractivity contribution in [2.24, 2.45) is 0 Å². The van der Waals surface area contributed by atoms with Crippen LogP contribution in [0, 0.1) is 20.8 Å².